The predicted octanol–water partition coefficient (Wildman–Crippen LogP) is 6.70. The Morgan fingerprint density at radius 1 is 1.13 bits per heavy atom. The molecule has 7 heteroatoms. The quantitative estimate of drug-likeness (QED) is 0.290. The number of thiophene rings is 1. The summed E-state index contributed by atoms with van der Waals surface area (Å²) in [5.74, 6) is 0.493. The Hall–Kier alpha value is -3.19. The molecule has 0 bridgehead atoms. The van der Waals surface area contributed by atoms with Crippen molar-refractivity contribution in [3.05, 3.63) is 87.4 Å². The van der Waals surface area contributed by atoms with E-state index in [0.29, 0.717) is 25.6 Å². The predicted molar refractivity (Wildman–Crippen MR) is 150 cm³/mol. The van der Waals surface area contributed by atoms with Crippen LogP contribution in [0.25, 0.3) is 0 Å². The smallest absolute Gasteiger partial charge is 0.254 e. The summed E-state index contributed by atoms with van der Waals surface area (Å²) in [5.41, 5.74) is 2.61. The van der Waals surface area contributed by atoms with Gasteiger partial charge in [-0.1, -0.05) is 52.3 Å². The summed E-state index contributed by atoms with van der Waals surface area (Å²) < 4.78 is 20.1. The van der Waals surface area contributed by atoms with E-state index in [4.69, 9.17) is 4.74 Å². The van der Waals surface area contributed by atoms with Crippen LogP contribution in [0, 0.1) is 11.7 Å². The molecule has 2 heterocycles. The van der Waals surface area contributed by atoms with E-state index in [1.54, 1.807) is 22.3 Å². The van der Waals surface area contributed by atoms with Crippen LogP contribution >= 0.6 is 11.3 Å². The maximum atomic E-state index is 13.9. The van der Waals surface area contributed by atoms with Gasteiger partial charge in [-0.2, -0.15) is 0 Å². The topological polar surface area (TPSA) is 49.9 Å². The van der Waals surface area contributed by atoms with Gasteiger partial charge in [0.1, 0.15) is 24.7 Å². The molecule has 0 fully saturated rings. The highest BCUT2D eigenvalue weighted by Crippen LogP contribution is 2.34. The lowest BCUT2D eigenvalue weighted by molar-refractivity contribution is -0.135. The third-order valence-corrected chi connectivity index (χ3v) is 8.28. The highest BCUT2D eigenvalue weighted by molar-refractivity contribution is 7.10. The molecule has 1 aliphatic heterocycles. The van der Waals surface area contributed by atoms with Crippen molar-refractivity contribution in [2.24, 2.45) is 5.92 Å². The summed E-state index contributed by atoms with van der Waals surface area (Å²) in [5, 5.41) is 2.06. The average Bonchev–Trinajstić information content (AvgIpc) is 3.40. The number of carbonyl (C=O) groups excluding carboxylic acids is 2. The average molecular weight is 537 g/mol. The summed E-state index contributed by atoms with van der Waals surface area (Å²) in [6.07, 6.45) is 1.65. The molecule has 0 radical (unpaired) electrons. The monoisotopic (exact) mass is 536 g/mol. The number of benzene rings is 2. The molecule has 0 saturated heterocycles. The number of fused-ring (bicyclic) bond motifs is 1. The number of carbonyl (C=O) groups is 2. The minimum Gasteiger partial charge on any atom is -0.491 e. The second kappa shape index (κ2) is 12.6. The number of ether oxygens (including phenoxy) is 1. The van der Waals surface area contributed by atoms with Gasteiger partial charge in [0.05, 0.1) is 6.04 Å². The highest BCUT2D eigenvalue weighted by Gasteiger charge is 2.34. The summed E-state index contributed by atoms with van der Waals surface area (Å²) >= 11 is 1.70. The Balaban J connectivity index is 1.53. The van der Waals surface area contributed by atoms with Crippen LogP contribution in [0.2, 0.25) is 0 Å². The molecule has 2 amide bonds. The Morgan fingerprint density at radius 3 is 2.58 bits per heavy atom. The van der Waals surface area contributed by atoms with Crippen LogP contribution in [-0.4, -0.2) is 47.9 Å². The minimum absolute atomic E-state index is 0.0568. The summed E-state index contributed by atoms with van der Waals surface area (Å²) in [7, 11) is 0. The van der Waals surface area contributed by atoms with E-state index < -0.39 is 5.82 Å². The van der Waals surface area contributed by atoms with E-state index in [1.807, 2.05) is 17.0 Å². The maximum absolute atomic E-state index is 13.9. The fourth-order valence-corrected chi connectivity index (χ4v) is 5.71. The van der Waals surface area contributed by atoms with E-state index in [-0.39, 0.29) is 35.9 Å². The fraction of sp³-hybridized carbons (Fsp3) is 0.419. The first-order valence-electron chi connectivity index (χ1n) is 13.4. The second-order valence-electron chi connectivity index (χ2n) is 10.4. The van der Waals surface area contributed by atoms with Crippen molar-refractivity contribution in [2.75, 3.05) is 26.2 Å². The highest BCUT2D eigenvalue weighted by atomic mass is 32.1. The lowest BCUT2D eigenvalue weighted by Gasteiger charge is -2.37. The van der Waals surface area contributed by atoms with E-state index >= 15 is 0 Å². The molecule has 38 heavy (non-hydrogen) atoms. The SMILES string of the molecule is CCC(C)CN(CC(=O)N1CCc2sccc2C1COc1ccc(C(C)C)cc1)C(=O)c1cccc(F)c1. The lowest BCUT2D eigenvalue weighted by atomic mass is 10.00. The van der Waals surface area contributed by atoms with Crippen LogP contribution in [0.4, 0.5) is 4.39 Å². The number of amides is 2. The summed E-state index contributed by atoms with van der Waals surface area (Å²) in [4.78, 5) is 31.8. The molecule has 3 aromatic rings. The van der Waals surface area contributed by atoms with Gasteiger partial charge in [-0.15, -0.1) is 11.3 Å². The zero-order valence-corrected chi connectivity index (χ0v) is 23.5. The normalized spacial score (nSPS) is 15.7. The number of nitrogens with zero attached hydrogens (tertiary/aromatic N) is 2. The van der Waals surface area contributed by atoms with Gasteiger partial charge in [0.2, 0.25) is 5.91 Å². The van der Waals surface area contributed by atoms with E-state index in [1.165, 1.54) is 28.6 Å². The van der Waals surface area contributed by atoms with Crippen molar-refractivity contribution in [3.8, 4) is 5.75 Å². The Kier molecular flexibility index (Phi) is 9.21. The standard InChI is InChI=1S/C31H37FN2O3S/c1-5-22(4)18-33(31(36)24-7-6-8-25(32)17-24)19-30(35)34-15-13-29-27(14-16-38-29)28(34)20-37-26-11-9-23(10-12-26)21(2)3/h6-12,14,16-17,21-22,28H,5,13,15,18-20H2,1-4H3. The van der Waals surface area contributed by atoms with Crippen LogP contribution < -0.4 is 4.74 Å². The first-order chi connectivity index (χ1) is 18.3. The molecule has 5 nitrogen and oxygen atoms in total. The largest absolute Gasteiger partial charge is 0.491 e. The first kappa shape index (κ1) is 27.8. The fourth-order valence-electron chi connectivity index (χ4n) is 4.78. The van der Waals surface area contributed by atoms with Crippen molar-refractivity contribution >= 4 is 23.2 Å². The van der Waals surface area contributed by atoms with Crippen molar-refractivity contribution in [2.45, 2.75) is 52.5 Å². The first-order valence-corrected chi connectivity index (χ1v) is 14.3. The van der Waals surface area contributed by atoms with Crippen LogP contribution in [0.15, 0.2) is 60.0 Å². The van der Waals surface area contributed by atoms with Gasteiger partial charge >= 0.3 is 0 Å². The molecule has 0 N–H and O–H groups in total. The van der Waals surface area contributed by atoms with E-state index in [2.05, 4.69) is 51.3 Å². The number of hydrogen-bond acceptors (Lipinski definition) is 4. The Bertz CT molecular complexity index is 1240. The zero-order valence-electron chi connectivity index (χ0n) is 22.7. The molecule has 0 aliphatic carbocycles. The minimum atomic E-state index is -0.467. The molecule has 2 aromatic carbocycles. The zero-order chi connectivity index (χ0) is 27.2. The van der Waals surface area contributed by atoms with Crippen LogP contribution in [0.1, 0.15) is 72.4 Å². The van der Waals surface area contributed by atoms with Gasteiger partial charge in [-0.25, -0.2) is 4.39 Å². The molecule has 202 valence electrons. The molecule has 1 aliphatic rings. The molecule has 2 unspecified atom stereocenters. The van der Waals surface area contributed by atoms with E-state index in [9.17, 15) is 14.0 Å². The van der Waals surface area contributed by atoms with Crippen molar-refractivity contribution in [1.82, 2.24) is 9.80 Å². The van der Waals surface area contributed by atoms with E-state index in [0.717, 1.165) is 24.2 Å². The van der Waals surface area contributed by atoms with Gasteiger partial charge in [0.25, 0.3) is 5.91 Å². The third-order valence-electron chi connectivity index (χ3n) is 7.28. The van der Waals surface area contributed by atoms with Crippen LogP contribution in [0.5, 0.6) is 5.75 Å². The van der Waals surface area contributed by atoms with Gasteiger partial charge in [0.15, 0.2) is 0 Å². The summed E-state index contributed by atoms with van der Waals surface area (Å²) in [6, 6.07) is 15.6. The Labute approximate surface area is 229 Å². The molecular weight excluding hydrogens is 499 g/mol. The van der Waals surface area contributed by atoms with Gasteiger partial charge in [-0.05, 0) is 71.2 Å². The number of halogens is 1. The summed E-state index contributed by atoms with van der Waals surface area (Å²) in [6.45, 7) is 9.69. The van der Waals surface area contributed by atoms with Crippen molar-refractivity contribution < 1.29 is 18.7 Å². The van der Waals surface area contributed by atoms with Crippen LogP contribution in [-0.2, 0) is 11.2 Å². The molecule has 4 rings (SSSR count). The third kappa shape index (κ3) is 6.62. The maximum Gasteiger partial charge on any atom is 0.254 e. The van der Waals surface area contributed by atoms with Gasteiger partial charge in [0, 0.05) is 23.5 Å². The molecule has 0 saturated carbocycles. The lowest BCUT2D eigenvalue weighted by Crippen LogP contribution is -2.48. The molecular formula is C31H37FN2O3S. The van der Waals surface area contributed by atoms with Gasteiger partial charge in [-0.3, -0.25) is 9.59 Å². The Morgan fingerprint density at radius 2 is 1.89 bits per heavy atom. The van der Waals surface area contributed by atoms with Crippen LogP contribution in [0.3, 0.4) is 0 Å². The second-order valence-corrected chi connectivity index (χ2v) is 11.4. The van der Waals surface area contributed by atoms with Gasteiger partial charge < -0.3 is 14.5 Å². The molecule has 2 atom stereocenters. The molecule has 1 aromatic heterocycles. The van der Waals surface area contributed by atoms with Crippen molar-refractivity contribution in [1.29, 1.82) is 0 Å². The molecule has 0 spiro atoms. The number of rotatable bonds is 10. The number of hydrogen-bond donors (Lipinski definition) is 0. The van der Waals surface area contributed by atoms with Crippen molar-refractivity contribution in [3.63, 3.8) is 0 Å².